The maximum Gasteiger partial charge on any atom is 0.118 e. The van der Waals surface area contributed by atoms with E-state index in [1.54, 1.807) is 12.7 Å². The Balaban J connectivity index is 1.30. The Kier molecular flexibility index (Phi) is 5.69. The molecule has 0 saturated carbocycles. The molecule has 0 atom stereocenters. The predicted molar refractivity (Wildman–Crippen MR) is 116 cm³/mol. The van der Waals surface area contributed by atoms with E-state index >= 15 is 0 Å². The molecule has 2 aliphatic rings. The molecule has 2 aromatic rings. The van der Waals surface area contributed by atoms with Gasteiger partial charge in [-0.3, -0.25) is 0 Å². The average Bonchev–Trinajstić information content (AvgIpc) is 3.13. The second-order valence-corrected chi connectivity index (χ2v) is 8.52. The van der Waals surface area contributed by atoms with Gasteiger partial charge < -0.3 is 14.5 Å². The molecule has 0 spiro atoms. The highest BCUT2D eigenvalue weighted by Gasteiger charge is 2.30. The van der Waals surface area contributed by atoms with E-state index in [1.807, 2.05) is 0 Å². The lowest BCUT2D eigenvalue weighted by atomic mass is 10.0. The molecule has 0 unspecified atom stereocenters. The van der Waals surface area contributed by atoms with Gasteiger partial charge in [0.2, 0.25) is 0 Å². The van der Waals surface area contributed by atoms with Crippen LogP contribution in [-0.2, 0) is 12.8 Å². The zero-order chi connectivity index (χ0) is 17.9. The van der Waals surface area contributed by atoms with Crippen molar-refractivity contribution < 1.29 is 4.74 Å². The van der Waals surface area contributed by atoms with E-state index in [1.165, 1.54) is 53.7 Å². The standard InChI is InChI=1S/C22H27IN2O/c1-26-20-7-5-17(6-8-20)9-13-24-14-11-19(12-15-24)25-16-10-18-3-2-4-21(23)22(18)25/h2-8,19H,9-16H2,1H3. The number of benzene rings is 2. The minimum absolute atomic E-state index is 0.712. The van der Waals surface area contributed by atoms with Crippen LogP contribution >= 0.6 is 22.6 Å². The number of para-hydroxylation sites is 1. The summed E-state index contributed by atoms with van der Waals surface area (Å²) >= 11 is 2.51. The highest BCUT2D eigenvalue weighted by atomic mass is 127. The number of hydrogen-bond acceptors (Lipinski definition) is 3. The first-order chi connectivity index (χ1) is 12.7. The monoisotopic (exact) mass is 462 g/mol. The van der Waals surface area contributed by atoms with Crippen LogP contribution in [0, 0.1) is 3.57 Å². The first-order valence-electron chi connectivity index (χ1n) is 9.64. The summed E-state index contributed by atoms with van der Waals surface area (Å²) in [6.07, 6.45) is 4.91. The van der Waals surface area contributed by atoms with Gasteiger partial charge in [0.15, 0.2) is 0 Å². The highest BCUT2D eigenvalue weighted by molar-refractivity contribution is 14.1. The first-order valence-corrected chi connectivity index (χ1v) is 10.7. The number of methoxy groups -OCH3 is 1. The summed E-state index contributed by atoms with van der Waals surface area (Å²) in [4.78, 5) is 5.32. The number of nitrogens with zero attached hydrogens (tertiary/aromatic N) is 2. The van der Waals surface area contributed by atoms with E-state index in [9.17, 15) is 0 Å². The summed E-state index contributed by atoms with van der Waals surface area (Å²) in [5, 5.41) is 0. The van der Waals surface area contributed by atoms with Crippen LogP contribution in [0.15, 0.2) is 42.5 Å². The Hall–Kier alpha value is -1.27. The Morgan fingerprint density at radius 1 is 1.04 bits per heavy atom. The van der Waals surface area contributed by atoms with E-state index in [2.05, 4.69) is 74.9 Å². The molecule has 1 saturated heterocycles. The Morgan fingerprint density at radius 3 is 2.54 bits per heavy atom. The van der Waals surface area contributed by atoms with Crippen LogP contribution < -0.4 is 9.64 Å². The summed E-state index contributed by atoms with van der Waals surface area (Å²) in [5.74, 6) is 0.940. The molecule has 2 aliphatic heterocycles. The van der Waals surface area contributed by atoms with E-state index in [0.717, 1.165) is 18.7 Å². The van der Waals surface area contributed by atoms with E-state index in [0.29, 0.717) is 6.04 Å². The smallest absolute Gasteiger partial charge is 0.118 e. The van der Waals surface area contributed by atoms with Gasteiger partial charge in [0.05, 0.1) is 12.8 Å². The van der Waals surface area contributed by atoms with Gasteiger partial charge >= 0.3 is 0 Å². The molecule has 4 heteroatoms. The molecule has 2 heterocycles. The van der Waals surface area contributed by atoms with E-state index in [4.69, 9.17) is 4.74 Å². The fourth-order valence-corrected chi connectivity index (χ4v) is 5.20. The minimum atomic E-state index is 0.712. The summed E-state index contributed by atoms with van der Waals surface area (Å²) in [5.41, 5.74) is 4.46. The molecule has 4 rings (SSSR count). The van der Waals surface area contributed by atoms with Crippen molar-refractivity contribution in [2.45, 2.75) is 31.7 Å². The summed E-state index contributed by atoms with van der Waals surface area (Å²) in [7, 11) is 1.72. The predicted octanol–water partition coefficient (Wildman–Crippen LogP) is 4.37. The number of anilines is 1. The second kappa shape index (κ2) is 8.17. The maximum absolute atomic E-state index is 5.24. The SMILES string of the molecule is COc1ccc(CCN2CCC(N3CCc4cccc(I)c43)CC2)cc1. The number of ether oxygens (including phenoxy) is 1. The molecule has 26 heavy (non-hydrogen) atoms. The Morgan fingerprint density at radius 2 is 1.81 bits per heavy atom. The van der Waals surface area contributed by atoms with Gasteiger partial charge in [0.1, 0.15) is 5.75 Å². The van der Waals surface area contributed by atoms with Crippen LogP contribution in [0.4, 0.5) is 5.69 Å². The van der Waals surface area contributed by atoms with E-state index in [-0.39, 0.29) is 0 Å². The molecule has 2 aromatic carbocycles. The third-order valence-corrected chi connectivity index (χ3v) is 6.72. The van der Waals surface area contributed by atoms with Crippen molar-refractivity contribution in [3.63, 3.8) is 0 Å². The van der Waals surface area contributed by atoms with Crippen molar-refractivity contribution in [1.82, 2.24) is 4.90 Å². The largest absolute Gasteiger partial charge is 0.497 e. The maximum atomic E-state index is 5.24. The van der Waals surface area contributed by atoms with Crippen molar-refractivity contribution in [3.05, 3.63) is 57.2 Å². The third-order valence-electron chi connectivity index (χ3n) is 5.85. The first kappa shape index (κ1) is 18.1. The van der Waals surface area contributed by atoms with Gasteiger partial charge in [0.25, 0.3) is 0 Å². The fraction of sp³-hybridized carbons (Fsp3) is 0.455. The second-order valence-electron chi connectivity index (χ2n) is 7.36. The van der Waals surface area contributed by atoms with Gasteiger partial charge in [-0.15, -0.1) is 0 Å². The highest BCUT2D eigenvalue weighted by Crippen LogP contribution is 2.36. The number of rotatable bonds is 5. The van der Waals surface area contributed by atoms with Crippen LogP contribution in [0.2, 0.25) is 0 Å². The van der Waals surface area contributed by atoms with Crippen molar-refractivity contribution >= 4 is 28.3 Å². The lowest BCUT2D eigenvalue weighted by Gasteiger charge is -2.38. The van der Waals surface area contributed by atoms with Gasteiger partial charge in [0, 0.05) is 35.8 Å². The summed E-state index contributed by atoms with van der Waals surface area (Å²) < 4.78 is 6.66. The fourth-order valence-electron chi connectivity index (χ4n) is 4.34. The molecular formula is C22H27IN2O. The number of piperidine rings is 1. The molecule has 0 aliphatic carbocycles. The van der Waals surface area contributed by atoms with Crippen molar-refractivity contribution in [2.24, 2.45) is 0 Å². The van der Waals surface area contributed by atoms with E-state index < -0.39 is 0 Å². The zero-order valence-corrected chi connectivity index (χ0v) is 17.6. The molecule has 3 nitrogen and oxygen atoms in total. The minimum Gasteiger partial charge on any atom is -0.497 e. The van der Waals surface area contributed by atoms with Gasteiger partial charge in [-0.1, -0.05) is 24.3 Å². The van der Waals surface area contributed by atoms with Crippen molar-refractivity contribution in [1.29, 1.82) is 0 Å². The van der Waals surface area contributed by atoms with Crippen LogP contribution in [0.5, 0.6) is 5.75 Å². The van der Waals surface area contributed by atoms with Gasteiger partial charge in [-0.25, -0.2) is 0 Å². The molecule has 0 N–H and O–H groups in total. The van der Waals surface area contributed by atoms with Crippen LogP contribution in [0.25, 0.3) is 0 Å². The number of hydrogen-bond donors (Lipinski definition) is 0. The molecule has 1 fully saturated rings. The number of likely N-dealkylation sites (tertiary alicyclic amines) is 1. The van der Waals surface area contributed by atoms with Gasteiger partial charge in [-0.05, 0) is 77.6 Å². The molecule has 138 valence electrons. The third kappa shape index (κ3) is 3.86. The number of halogens is 1. The Bertz CT molecular complexity index is 738. The molecule has 0 aromatic heterocycles. The summed E-state index contributed by atoms with van der Waals surface area (Å²) in [6.45, 7) is 4.80. The zero-order valence-electron chi connectivity index (χ0n) is 15.5. The molecular weight excluding hydrogens is 435 g/mol. The average molecular weight is 462 g/mol. The quantitative estimate of drug-likeness (QED) is 0.614. The normalized spacial score (nSPS) is 18.2. The van der Waals surface area contributed by atoms with Crippen molar-refractivity contribution in [3.8, 4) is 5.75 Å². The lowest BCUT2D eigenvalue weighted by Crippen LogP contribution is -2.45. The molecule has 0 radical (unpaired) electrons. The number of fused-ring (bicyclic) bond motifs is 1. The molecule has 0 amide bonds. The van der Waals surface area contributed by atoms with Crippen LogP contribution in [0.1, 0.15) is 24.0 Å². The van der Waals surface area contributed by atoms with Gasteiger partial charge in [-0.2, -0.15) is 0 Å². The Labute approximate surface area is 170 Å². The van der Waals surface area contributed by atoms with Crippen LogP contribution in [-0.4, -0.2) is 44.2 Å². The van der Waals surface area contributed by atoms with Crippen LogP contribution in [0.3, 0.4) is 0 Å². The lowest BCUT2D eigenvalue weighted by molar-refractivity contribution is 0.212. The molecule has 0 bridgehead atoms. The topological polar surface area (TPSA) is 15.7 Å². The summed E-state index contributed by atoms with van der Waals surface area (Å²) in [6, 6.07) is 16.0. The van der Waals surface area contributed by atoms with Crippen molar-refractivity contribution in [2.75, 3.05) is 38.2 Å².